The van der Waals surface area contributed by atoms with Crippen LogP contribution in [0.2, 0.25) is 0 Å². The van der Waals surface area contributed by atoms with E-state index < -0.39 is 0 Å². The monoisotopic (exact) mass is 347 g/mol. The average Bonchev–Trinajstić information content (AvgIpc) is 2.58. The van der Waals surface area contributed by atoms with Gasteiger partial charge in [0.1, 0.15) is 0 Å². The number of hydrogen-bond acceptors (Lipinski definition) is 1. The number of hydrogen-bond donors (Lipinski definition) is 1. The maximum absolute atomic E-state index is 6.23. The van der Waals surface area contributed by atoms with E-state index in [1.165, 1.54) is 33.4 Å². The SMILES string of the molecule is C=CC.CC(C)c1ccc2c(c1)/C(=C\CC(C)(C)N)c1ccccc1C2. The lowest BCUT2D eigenvalue weighted by molar-refractivity contribution is 0.528. The van der Waals surface area contributed by atoms with Crippen LogP contribution in [0.1, 0.15) is 74.8 Å². The van der Waals surface area contributed by atoms with E-state index in [4.69, 9.17) is 5.73 Å². The molecule has 0 saturated heterocycles. The van der Waals surface area contributed by atoms with Crippen LogP contribution in [0.15, 0.2) is 61.2 Å². The van der Waals surface area contributed by atoms with E-state index in [0.29, 0.717) is 5.92 Å². The topological polar surface area (TPSA) is 26.0 Å². The molecule has 0 fully saturated rings. The molecule has 0 saturated carbocycles. The van der Waals surface area contributed by atoms with Gasteiger partial charge in [0.25, 0.3) is 0 Å². The number of fused-ring (bicyclic) bond motifs is 2. The second-order valence-corrected chi connectivity index (χ2v) is 8.12. The molecule has 0 heterocycles. The first kappa shape index (κ1) is 20.2. The number of nitrogens with two attached hydrogens (primary N) is 1. The Morgan fingerprint density at radius 2 is 1.69 bits per heavy atom. The molecule has 1 nitrogen and oxygen atoms in total. The summed E-state index contributed by atoms with van der Waals surface area (Å²) in [5.41, 5.74) is 14.4. The molecule has 0 aromatic heterocycles. The molecular formula is C25H33N. The smallest absolute Gasteiger partial charge is 0.0132 e. The van der Waals surface area contributed by atoms with Gasteiger partial charge < -0.3 is 5.73 Å². The standard InChI is InChI=1S/C22H27N.C3H6/c1-15(2)16-9-10-18-13-17-7-5-6-8-19(17)20(21(18)14-16)11-12-22(3,4)23;1-3-2/h5-11,14-15H,12-13,23H2,1-4H3;3H,1H2,2H3/b20-11-;. The van der Waals surface area contributed by atoms with Crippen LogP contribution in [0.5, 0.6) is 0 Å². The van der Waals surface area contributed by atoms with Gasteiger partial charge in [-0.25, -0.2) is 0 Å². The molecule has 0 radical (unpaired) electrons. The van der Waals surface area contributed by atoms with Crippen molar-refractivity contribution in [3.63, 3.8) is 0 Å². The minimum absolute atomic E-state index is 0.185. The van der Waals surface area contributed by atoms with Crippen molar-refractivity contribution in [3.05, 3.63) is 89.0 Å². The maximum Gasteiger partial charge on any atom is 0.0132 e. The van der Waals surface area contributed by atoms with Crippen molar-refractivity contribution >= 4 is 5.57 Å². The van der Waals surface area contributed by atoms with Crippen molar-refractivity contribution in [2.24, 2.45) is 5.73 Å². The van der Waals surface area contributed by atoms with Crippen molar-refractivity contribution in [2.75, 3.05) is 0 Å². The summed E-state index contributed by atoms with van der Waals surface area (Å²) in [5.74, 6) is 0.546. The van der Waals surface area contributed by atoms with Crippen LogP contribution in [-0.4, -0.2) is 5.54 Å². The molecule has 0 spiro atoms. The molecule has 2 N–H and O–H groups in total. The Morgan fingerprint density at radius 3 is 2.31 bits per heavy atom. The van der Waals surface area contributed by atoms with E-state index >= 15 is 0 Å². The Kier molecular flexibility index (Phi) is 6.61. The lowest BCUT2D eigenvalue weighted by Crippen LogP contribution is -2.30. The molecule has 0 bridgehead atoms. The predicted octanol–water partition coefficient (Wildman–Crippen LogP) is 6.47. The normalized spacial score (nSPS) is 14.3. The highest BCUT2D eigenvalue weighted by Gasteiger charge is 2.21. The molecule has 0 atom stereocenters. The first-order valence-electron chi connectivity index (χ1n) is 9.54. The van der Waals surface area contributed by atoms with E-state index in [1.54, 1.807) is 6.08 Å². The molecule has 1 aliphatic carbocycles. The Morgan fingerprint density at radius 1 is 1.08 bits per heavy atom. The van der Waals surface area contributed by atoms with Gasteiger partial charge in [0.05, 0.1) is 0 Å². The number of rotatable bonds is 3. The maximum atomic E-state index is 6.23. The van der Waals surface area contributed by atoms with Crippen molar-refractivity contribution in [3.8, 4) is 0 Å². The second-order valence-electron chi connectivity index (χ2n) is 8.12. The summed E-state index contributed by atoms with van der Waals surface area (Å²) in [4.78, 5) is 0. The second kappa shape index (κ2) is 8.51. The third-order valence-corrected chi connectivity index (χ3v) is 4.61. The quantitative estimate of drug-likeness (QED) is 0.540. The van der Waals surface area contributed by atoms with E-state index in [0.717, 1.165) is 12.8 Å². The van der Waals surface area contributed by atoms with E-state index in [9.17, 15) is 0 Å². The van der Waals surface area contributed by atoms with Gasteiger partial charge in [-0.2, -0.15) is 0 Å². The highest BCUT2D eigenvalue weighted by Crippen LogP contribution is 2.37. The summed E-state index contributed by atoms with van der Waals surface area (Å²) in [5, 5.41) is 0. The van der Waals surface area contributed by atoms with Gasteiger partial charge in [-0.1, -0.05) is 68.5 Å². The molecule has 0 unspecified atom stereocenters. The molecule has 2 aromatic rings. The lowest BCUT2D eigenvalue weighted by Gasteiger charge is -2.25. The zero-order chi connectivity index (χ0) is 19.3. The van der Waals surface area contributed by atoms with Gasteiger partial charge in [0.15, 0.2) is 0 Å². The van der Waals surface area contributed by atoms with Crippen LogP contribution < -0.4 is 5.73 Å². The highest BCUT2D eigenvalue weighted by atomic mass is 14.7. The average molecular weight is 348 g/mol. The summed E-state index contributed by atoms with van der Waals surface area (Å²) in [6.45, 7) is 13.9. The summed E-state index contributed by atoms with van der Waals surface area (Å²) in [6, 6.07) is 15.7. The summed E-state index contributed by atoms with van der Waals surface area (Å²) >= 11 is 0. The molecule has 0 amide bonds. The van der Waals surface area contributed by atoms with Crippen molar-refractivity contribution in [2.45, 2.75) is 58.9 Å². The zero-order valence-electron chi connectivity index (χ0n) is 17.0. The fraction of sp³-hybridized carbons (Fsp3) is 0.360. The Labute approximate surface area is 159 Å². The summed E-state index contributed by atoms with van der Waals surface area (Å²) in [7, 11) is 0. The van der Waals surface area contributed by atoms with Crippen LogP contribution in [-0.2, 0) is 6.42 Å². The molecule has 2 aromatic carbocycles. The summed E-state index contributed by atoms with van der Waals surface area (Å²) in [6.07, 6.45) is 5.98. The highest BCUT2D eigenvalue weighted by molar-refractivity contribution is 5.86. The molecule has 26 heavy (non-hydrogen) atoms. The first-order chi connectivity index (χ1) is 12.3. The molecule has 0 aliphatic heterocycles. The fourth-order valence-corrected chi connectivity index (χ4v) is 3.23. The van der Waals surface area contributed by atoms with E-state index in [1.807, 2.05) is 6.92 Å². The Balaban J connectivity index is 0.000000758. The molecule has 1 aliphatic rings. The lowest BCUT2D eigenvalue weighted by atomic mass is 9.79. The van der Waals surface area contributed by atoms with Gasteiger partial charge >= 0.3 is 0 Å². The minimum Gasteiger partial charge on any atom is -0.325 e. The van der Waals surface area contributed by atoms with Gasteiger partial charge in [0, 0.05) is 5.54 Å². The number of benzene rings is 2. The Hall–Kier alpha value is -2.12. The van der Waals surface area contributed by atoms with Crippen molar-refractivity contribution in [1.82, 2.24) is 0 Å². The Bertz CT molecular complexity index is 788. The van der Waals surface area contributed by atoms with Crippen LogP contribution in [0.25, 0.3) is 5.57 Å². The molecular weight excluding hydrogens is 314 g/mol. The largest absolute Gasteiger partial charge is 0.325 e. The third kappa shape index (κ3) is 4.95. The van der Waals surface area contributed by atoms with Crippen LogP contribution >= 0.6 is 0 Å². The van der Waals surface area contributed by atoms with Gasteiger partial charge in [-0.05, 0) is 72.9 Å². The predicted molar refractivity (Wildman–Crippen MR) is 116 cm³/mol. The number of allylic oxidation sites excluding steroid dienone is 1. The van der Waals surface area contributed by atoms with Crippen molar-refractivity contribution < 1.29 is 0 Å². The first-order valence-corrected chi connectivity index (χ1v) is 9.54. The van der Waals surface area contributed by atoms with Gasteiger partial charge in [-0.3, -0.25) is 0 Å². The zero-order valence-corrected chi connectivity index (χ0v) is 17.0. The van der Waals surface area contributed by atoms with Gasteiger partial charge in [-0.15, -0.1) is 6.58 Å². The fourth-order valence-electron chi connectivity index (χ4n) is 3.23. The molecule has 1 heteroatoms. The molecule has 3 rings (SSSR count). The van der Waals surface area contributed by atoms with Crippen LogP contribution in [0.3, 0.4) is 0 Å². The van der Waals surface area contributed by atoms with E-state index in [-0.39, 0.29) is 5.54 Å². The van der Waals surface area contributed by atoms with Crippen molar-refractivity contribution in [1.29, 1.82) is 0 Å². The summed E-state index contributed by atoms with van der Waals surface area (Å²) < 4.78 is 0. The van der Waals surface area contributed by atoms with Gasteiger partial charge in [0.2, 0.25) is 0 Å². The third-order valence-electron chi connectivity index (χ3n) is 4.61. The molecule has 138 valence electrons. The van der Waals surface area contributed by atoms with Crippen LogP contribution in [0.4, 0.5) is 0 Å². The minimum atomic E-state index is -0.185. The van der Waals surface area contributed by atoms with E-state index in [2.05, 4.69) is 82.8 Å². The van der Waals surface area contributed by atoms with Crippen LogP contribution in [0, 0.1) is 0 Å².